The Morgan fingerprint density at radius 2 is 1.83 bits per heavy atom. The van der Waals surface area contributed by atoms with Crippen LogP contribution in [0.4, 0.5) is 0 Å². The molecule has 1 aliphatic heterocycles. The first-order valence-corrected chi connectivity index (χ1v) is 6.38. The van der Waals surface area contributed by atoms with E-state index in [1.807, 2.05) is 24.3 Å². The van der Waals surface area contributed by atoms with Crippen molar-refractivity contribution in [2.45, 2.75) is 18.9 Å². The Labute approximate surface area is 110 Å². The molecule has 94 valence electrons. The van der Waals surface area contributed by atoms with Crippen molar-refractivity contribution in [3.8, 4) is 5.88 Å². The third-order valence-electron chi connectivity index (χ3n) is 3.05. The molecule has 1 saturated heterocycles. The second kappa shape index (κ2) is 5.08. The number of ether oxygens (including phenoxy) is 2. The first-order valence-electron chi connectivity index (χ1n) is 6.00. The number of nitrogens with zero attached hydrogens (tertiary/aromatic N) is 2. The van der Waals surface area contributed by atoms with Gasteiger partial charge in [0.15, 0.2) is 5.15 Å². The Hall–Kier alpha value is -1.39. The Bertz CT molecular complexity index is 556. The minimum Gasteiger partial charge on any atom is -0.473 e. The molecule has 2 heterocycles. The van der Waals surface area contributed by atoms with Gasteiger partial charge in [-0.3, -0.25) is 0 Å². The largest absolute Gasteiger partial charge is 0.473 e. The van der Waals surface area contributed by atoms with Gasteiger partial charge in [0.2, 0.25) is 5.88 Å². The number of halogens is 1. The van der Waals surface area contributed by atoms with E-state index < -0.39 is 0 Å². The summed E-state index contributed by atoms with van der Waals surface area (Å²) in [6.45, 7) is 1.48. The Morgan fingerprint density at radius 3 is 2.61 bits per heavy atom. The third-order valence-corrected chi connectivity index (χ3v) is 3.33. The molecule has 2 aromatic rings. The maximum Gasteiger partial charge on any atom is 0.241 e. The van der Waals surface area contributed by atoms with E-state index >= 15 is 0 Å². The van der Waals surface area contributed by atoms with Crippen molar-refractivity contribution < 1.29 is 9.47 Å². The molecule has 0 unspecified atom stereocenters. The average molecular weight is 265 g/mol. The highest BCUT2D eigenvalue weighted by Crippen LogP contribution is 2.28. The van der Waals surface area contributed by atoms with E-state index in [1.54, 1.807) is 0 Å². The molecule has 1 fully saturated rings. The smallest absolute Gasteiger partial charge is 0.241 e. The first-order chi connectivity index (χ1) is 8.84. The van der Waals surface area contributed by atoms with Crippen molar-refractivity contribution in [3.05, 3.63) is 29.4 Å². The fourth-order valence-electron chi connectivity index (χ4n) is 2.09. The molecular formula is C13H13ClN2O2. The molecule has 0 bridgehead atoms. The summed E-state index contributed by atoms with van der Waals surface area (Å²) in [7, 11) is 0. The van der Waals surface area contributed by atoms with Crippen LogP contribution in [0.25, 0.3) is 10.8 Å². The lowest BCUT2D eigenvalue weighted by Crippen LogP contribution is -2.26. The molecule has 4 nitrogen and oxygen atoms in total. The minimum absolute atomic E-state index is 0.151. The second-order valence-electron chi connectivity index (χ2n) is 4.27. The van der Waals surface area contributed by atoms with Gasteiger partial charge in [-0.2, -0.15) is 0 Å². The van der Waals surface area contributed by atoms with Crippen molar-refractivity contribution in [2.24, 2.45) is 0 Å². The second-order valence-corrected chi connectivity index (χ2v) is 4.63. The molecule has 0 aliphatic carbocycles. The lowest BCUT2D eigenvalue weighted by Gasteiger charge is -2.23. The predicted molar refractivity (Wildman–Crippen MR) is 69.0 cm³/mol. The predicted octanol–water partition coefficient (Wildman–Crippen LogP) is 2.84. The van der Waals surface area contributed by atoms with Crippen molar-refractivity contribution in [1.82, 2.24) is 10.2 Å². The maximum atomic E-state index is 6.02. The summed E-state index contributed by atoms with van der Waals surface area (Å²) in [4.78, 5) is 0. The summed E-state index contributed by atoms with van der Waals surface area (Å²) < 4.78 is 11.2. The van der Waals surface area contributed by atoms with Crippen LogP contribution in [0.5, 0.6) is 5.88 Å². The molecule has 0 atom stereocenters. The quantitative estimate of drug-likeness (QED) is 0.837. The van der Waals surface area contributed by atoms with Crippen LogP contribution in [0.2, 0.25) is 5.15 Å². The van der Waals surface area contributed by atoms with E-state index in [1.165, 1.54) is 0 Å². The van der Waals surface area contributed by atoms with Crippen molar-refractivity contribution in [3.63, 3.8) is 0 Å². The SMILES string of the molecule is Clc1nnc(OC2CCOCC2)c2ccccc12. The summed E-state index contributed by atoms with van der Waals surface area (Å²) in [5, 5.41) is 10.2. The number of hydrogen-bond acceptors (Lipinski definition) is 4. The number of aromatic nitrogens is 2. The van der Waals surface area contributed by atoms with Crippen LogP contribution >= 0.6 is 11.6 Å². The zero-order valence-corrected chi connectivity index (χ0v) is 10.6. The van der Waals surface area contributed by atoms with E-state index in [-0.39, 0.29) is 6.10 Å². The highest BCUT2D eigenvalue weighted by molar-refractivity contribution is 6.34. The van der Waals surface area contributed by atoms with E-state index in [0.717, 1.165) is 36.8 Å². The fourth-order valence-corrected chi connectivity index (χ4v) is 2.29. The zero-order chi connectivity index (χ0) is 12.4. The summed E-state index contributed by atoms with van der Waals surface area (Å²) >= 11 is 6.02. The molecule has 0 N–H and O–H groups in total. The third kappa shape index (κ3) is 2.26. The number of fused-ring (bicyclic) bond motifs is 1. The topological polar surface area (TPSA) is 44.2 Å². The molecule has 5 heteroatoms. The van der Waals surface area contributed by atoms with Crippen LogP contribution in [0.15, 0.2) is 24.3 Å². The zero-order valence-electron chi connectivity index (χ0n) is 9.80. The molecule has 0 spiro atoms. The number of hydrogen-bond donors (Lipinski definition) is 0. The van der Waals surface area contributed by atoms with E-state index in [4.69, 9.17) is 21.1 Å². The van der Waals surface area contributed by atoms with Gasteiger partial charge in [0.05, 0.1) is 13.2 Å². The molecule has 1 aromatic carbocycles. The van der Waals surface area contributed by atoms with Crippen molar-refractivity contribution in [1.29, 1.82) is 0 Å². The monoisotopic (exact) mass is 264 g/mol. The number of benzene rings is 1. The Balaban J connectivity index is 1.94. The molecule has 0 radical (unpaired) electrons. The highest BCUT2D eigenvalue weighted by Gasteiger charge is 2.18. The molecular weight excluding hydrogens is 252 g/mol. The fraction of sp³-hybridized carbons (Fsp3) is 0.385. The van der Waals surface area contributed by atoms with E-state index in [9.17, 15) is 0 Å². The van der Waals surface area contributed by atoms with Gasteiger partial charge in [0, 0.05) is 23.6 Å². The van der Waals surface area contributed by atoms with Crippen LogP contribution in [0.3, 0.4) is 0 Å². The number of rotatable bonds is 2. The van der Waals surface area contributed by atoms with Gasteiger partial charge in [0.25, 0.3) is 0 Å². The molecule has 3 rings (SSSR count). The van der Waals surface area contributed by atoms with E-state index in [0.29, 0.717) is 11.0 Å². The minimum atomic E-state index is 0.151. The molecule has 18 heavy (non-hydrogen) atoms. The molecule has 0 saturated carbocycles. The van der Waals surface area contributed by atoms with Crippen LogP contribution in [-0.4, -0.2) is 29.5 Å². The van der Waals surface area contributed by atoms with E-state index in [2.05, 4.69) is 10.2 Å². The Morgan fingerprint density at radius 1 is 1.11 bits per heavy atom. The maximum absolute atomic E-state index is 6.02. The van der Waals surface area contributed by atoms with Crippen LogP contribution in [0.1, 0.15) is 12.8 Å². The lowest BCUT2D eigenvalue weighted by molar-refractivity contribution is 0.0240. The van der Waals surface area contributed by atoms with Gasteiger partial charge >= 0.3 is 0 Å². The normalized spacial score (nSPS) is 16.9. The highest BCUT2D eigenvalue weighted by atomic mass is 35.5. The first kappa shape index (κ1) is 11.7. The summed E-state index contributed by atoms with van der Waals surface area (Å²) in [5.41, 5.74) is 0. The molecule has 0 amide bonds. The molecule has 1 aromatic heterocycles. The van der Waals surface area contributed by atoms with Crippen molar-refractivity contribution in [2.75, 3.05) is 13.2 Å². The summed E-state index contributed by atoms with van der Waals surface area (Å²) in [6, 6.07) is 7.74. The van der Waals surface area contributed by atoms with Gasteiger partial charge in [-0.1, -0.05) is 29.8 Å². The van der Waals surface area contributed by atoms with Gasteiger partial charge < -0.3 is 9.47 Å². The standard InChI is InChI=1S/C13H13ClN2O2/c14-12-10-3-1-2-4-11(10)13(16-15-12)18-9-5-7-17-8-6-9/h1-4,9H,5-8H2. The summed E-state index contributed by atoms with van der Waals surface area (Å²) in [5.74, 6) is 0.557. The van der Waals surface area contributed by atoms with Crippen molar-refractivity contribution >= 4 is 22.4 Å². The summed E-state index contributed by atoms with van der Waals surface area (Å²) in [6.07, 6.45) is 1.93. The average Bonchev–Trinajstić information content (AvgIpc) is 2.44. The van der Waals surface area contributed by atoms with Gasteiger partial charge in [0.1, 0.15) is 6.10 Å². The molecule has 1 aliphatic rings. The van der Waals surface area contributed by atoms with Crippen LogP contribution in [-0.2, 0) is 4.74 Å². The van der Waals surface area contributed by atoms with Crippen LogP contribution < -0.4 is 4.74 Å². The van der Waals surface area contributed by atoms with Gasteiger partial charge in [-0.05, 0) is 6.07 Å². The van der Waals surface area contributed by atoms with Crippen LogP contribution in [0, 0.1) is 0 Å². The lowest BCUT2D eigenvalue weighted by atomic mass is 10.1. The Kier molecular flexibility index (Phi) is 3.30. The van der Waals surface area contributed by atoms with Gasteiger partial charge in [-0.25, -0.2) is 0 Å². The van der Waals surface area contributed by atoms with Gasteiger partial charge in [-0.15, -0.1) is 10.2 Å².